The molecule has 0 saturated carbocycles. The van der Waals surface area contributed by atoms with Crippen LogP contribution in [0.15, 0.2) is 10.3 Å². The van der Waals surface area contributed by atoms with Crippen LogP contribution < -0.4 is 16.0 Å². The first-order valence-electron chi connectivity index (χ1n) is 6.29. The van der Waals surface area contributed by atoms with Crippen LogP contribution >= 0.6 is 11.3 Å². The molecule has 118 valence electrons. The summed E-state index contributed by atoms with van der Waals surface area (Å²) in [6.07, 6.45) is 1.43. The first-order chi connectivity index (χ1) is 9.83. The lowest BCUT2D eigenvalue weighted by molar-refractivity contribution is -0.383. The number of thiophene rings is 1. The van der Waals surface area contributed by atoms with Gasteiger partial charge in [-0.15, -0.1) is 0 Å². The number of nitro groups is 1. The first kappa shape index (κ1) is 16.1. The Balaban J connectivity index is 2.18. The molecule has 1 aliphatic rings. The minimum atomic E-state index is -3.77. The predicted octanol–water partition coefficient (Wildman–Crippen LogP) is 0.314. The minimum Gasteiger partial charge on any atom is -0.310 e. The maximum Gasteiger partial charge on any atom is 0.306 e. The normalized spacial score (nSPS) is 17.8. The third-order valence-corrected chi connectivity index (χ3v) is 6.37. The van der Waals surface area contributed by atoms with E-state index in [1.165, 1.54) is 0 Å². The monoisotopic (exact) mass is 335 g/mol. The molecule has 2 heterocycles. The van der Waals surface area contributed by atoms with Crippen molar-refractivity contribution in [2.45, 2.75) is 23.1 Å². The van der Waals surface area contributed by atoms with Crippen molar-refractivity contribution in [3.05, 3.63) is 16.2 Å². The summed E-state index contributed by atoms with van der Waals surface area (Å²) in [5.74, 6) is 5.18. The van der Waals surface area contributed by atoms with Crippen LogP contribution in [0, 0.1) is 10.1 Å². The van der Waals surface area contributed by atoms with Crippen molar-refractivity contribution < 1.29 is 13.3 Å². The van der Waals surface area contributed by atoms with E-state index in [1.807, 2.05) is 7.05 Å². The Morgan fingerprint density at radius 1 is 1.48 bits per heavy atom. The van der Waals surface area contributed by atoms with E-state index >= 15 is 0 Å². The summed E-state index contributed by atoms with van der Waals surface area (Å²) in [6, 6.07) is 0.874. The SMILES string of the molecule is CN1CCC(NS(=O)(=O)c2cc([N+](=O)[O-])c(NN)s2)CC1. The molecule has 9 nitrogen and oxygen atoms in total. The van der Waals surface area contributed by atoms with Crippen LogP contribution in [-0.2, 0) is 10.0 Å². The Morgan fingerprint density at radius 3 is 2.57 bits per heavy atom. The van der Waals surface area contributed by atoms with E-state index in [9.17, 15) is 18.5 Å². The molecule has 4 N–H and O–H groups in total. The highest BCUT2D eigenvalue weighted by molar-refractivity contribution is 7.91. The highest BCUT2D eigenvalue weighted by Crippen LogP contribution is 2.36. The van der Waals surface area contributed by atoms with Crippen molar-refractivity contribution in [2.24, 2.45) is 5.84 Å². The topological polar surface area (TPSA) is 131 Å². The Bertz CT molecular complexity index is 621. The summed E-state index contributed by atoms with van der Waals surface area (Å²) >= 11 is 0.745. The number of nitrogens with one attached hydrogen (secondary N) is 2. The average molecular weight is 335 g/mol. The number of rotatable bonds is 5. The molecule has 1 fully saturated rings. The molecule has 0 unspecified atom stereocenters. The highest BCUT2D eigenvalue weighted by atomic mass is 32.2. The third-order valence-electron chi connectivity index (χ3n) is 3.32. The van der Waals surface area contributed by atoms with Gasteiger partial charge in [0.05, 0.1) is 4.92 Å². The van der Waals surface area contributed by atoms with E-state index in [0.29, 0.717) is 12.8 Å². The molecule has 1 aromatic rings. The Kier molecular flexibility index (Phi) is 4.78. The van der Waals surface area contributed by atoms with Gasteiger partial charge in [-0.05, 0) is 33.0 Å². The van der Waals surface area contributed by atoms with Gasteiger partial charge in [0, 0.05) is 12.1 Å². The zero-order chi connectivity index (χ0) is 15.6. The number of hydrazine groups is 1. The molecule has 21 heavy (non-hydrogen) atoms. The quantitative estimate of drug-likeness (QED) is 0.401. The number of nitrogens with zero attached hydrogens (tertiary/aromatic N) is 2. The third kappa shape index (κ3) is 3.68. The van der Waals surface area contributed by atoms with Gasteiger partial charge in [0.25, 0.3) is 10.0 Å². The number of piperidine rings is 1. The number of nitrogens with two attached hydrogens (primary N) is 1. The summed E-state index contributed by atoms with van der Waals surface area (Å²) in [7, 11) is -1.79. The molecule has 11 heteroatoms. The molecule has 1 aromatic heterocycles. The van der Waals surface area contributed by atoms with Gasteiger partial charge in [0.2, 0.25) is 0 Å². The second-order valence-electron chi connectivity index (χ2n) is 4.88. The van der Waals surface area contributed by atoms with Crippen LogP contribution in [0.25, 0.3) is 0 Å². The number of nitrogen functional groups attached to an aromatic ring is 1. The number of hydrogen-bond donors (Lipinski definition) is 3. The number of sulfonamides is 1. The van der Waals surface area contributed by atoms with Gasteiger partial charge in [-0.25, -0.2) is 19.0 Å². The number of likely N-dealkylation sites (tertiary alicyclic amines) is 1. The molecule has 0 radical (unpaired) electrons. The summed E-state index contributed by atoms with van der Waals surface area (Å²) < 4.78 is 27.1. The van der Waals surface area contributed by atoms with Gasteiger partial charge >= 0.3 is 5.69 Å². The number of hydrogen-bond acceptors (Lipinski definition) is 8. The van der Waals surface area contributed by atoms with Crippen molar-refractivity contribution in [3.63, 3.8) is 0 Å². The maximum atomic E-state index is 12.3. The van der Waals surface area contributed by atoms with Crippen molar-refractivity contribution in [1.29, 1.82) is 0 Å². The van der Waals surface area contributed by atoms with Crippen molar-refractivity contribution in [2.75, 3.05) is 25.6 Å². The van der Waals surface area contributed by atoms with Gasteiger partial charge in [0.15, 0.2) is 5.00 Å². The smallest absolute Gasteiger partial charge is 0.306 e. The summed E-state index contributed by atoms with van der Waals surface area (Å²) in [5.41, 5.74) is 1.82. The second-order valence-corrected chi connectivity index (χ2v) is 7.87. The molecule has 0 aromatic carbocycles. The van der Waals surface area contributed by atoms with Crippen LogP contribution in [0.4, 0.5) is 10.7 Å². The van der Waals surface area contributed by atoms with Crippen molar-refractivity contribution in [1.82, 2.24) is 9.62 Å². The van der Waals surface area contributed by atoms with E-state index < -0.39 is 14.9 Å². The highest BCUT2D eigenvalue weighted by Gasteiger charge is 2.28. The lowest BCUT2D eigenvalue weighted by Gasteiger charge is -2.29. The zero-order valence-corrected chi connectivity index (χ0v) is 13.0. The molecule has 1 aliphatic heterocycles. The average Bonchev–Trinajstić information content (AvgIpc) is 2.86. The van der Waals surface area contributed by atoms with E-state index in [4.69, 9.17) is 5.84 Å². The Morgan fingerprint density at radius 2 is 2.10 bits per heavy atom. The molecule has 1 saturated heterocycles. The van der Waals surface area contributed by atoms with E-state index in [2.05, 4.69) is 15.0 Å². The molecule has 0 amide bonds. The van der Waals surface area contributed by atoms with Crippen LogP contribution in [0.5, 0.6) is 0 Å². The Hall–Kier alpha value is -1.27. The Labute approximate surface area is 126 Å². The standard InChI is InChI=1S/C10H17N5O4S2/c1-14-4-2-7(3-5-14)13-21(18,19)9-6-8(15(16)17)10(12-11)20-9/h6-7,12-13H,2-5,11H2,1H3. The van der Waals surface area contributed by atoms with E-state index in [1.54, 1.807) is 0 Å². The zero-order valence-electron chi connectivity index (χ0n) is 11.4. The van der Waals surface area contributed by atoms with Crippen LogP contribution in [0.2, 0.25) is 0 Å². The molecule has 0 bridgehead atoms. The second kappa shape index (κ2) is 6.23. The number of anilines is 1. The van der Waals surface area contributed by atoms with Crippen molar-refractivity contribution in [3.8, 4) is 0 Å². The lowest BCUT2D eigenvalue weighted by Crippen LogP contribution is -2.43. The van der Waals surface area contributed by atoms with Gasteiger partial charge < -0.3 is 10.3 Å². The fourth-order valence-corrected chi connectivity index (χ4v) is 4.69. The lowest BCUT2D eigenvalue weighted by atomic mass is 10.1. The first-order valence-corrected chi connectivity index (χ1v) is 8.59. The largest absolute Gasteiger partial charge is 0.310 e. The fourth-order valence-electron chi connectivity index (χ4n) is 2.13. The molecular weight excluding hydrogens is 318 g/mol. The summed E-state index contributed by atoms with van der Waals surface area (Å²) in [4.78, 5) is 12.3. The summed E-state index contributed by atoms with van der Waals surface area (Å²) in [5, 5.41) is 10.9. The molecule has 0 aliphatic carbocycles. The van der Waals surface area contributed by atoms with Gasteiger partial charge in [-0.1, -0.05) is 11.3 Å². The van der Waals surface area contributed by atoms with E-state index in [0.717, 1.165) is 30.5 Å². The molecule has 0 spiro atoms. The van der Waals surface area contributed by atoms with Gasteiger partial charge in [0.1, 0.15) is 4.21 Å². The summed E-state index contributed by atoms with van der Waals surface area (Å²) in [6.45, 7) is 1.63. The van der Waals surface area contributed by atoms with Gasteiger partial charge in [-0.3, -0.25) is 10.1 Å². The maximum absolute atomic E-state index is 12.3. The van der Waals surface area contributed by atoms with Crippen LogP contribution in [-0.4, -0.2) is 44.4 Å². The van der Waals surface area contributed by atoms with Crippen LogP contribution in [0.1, 0.15) is 12.8 Å². The minimum absolute atomic E-state index is 0.0174. The predicted molar refractivity (Wildman–Crippen MR) is 79.6 cm³/mol. The van der Waals surface area contributed by atoms with E-state index in [-0.39, 0.29) is 20.9 Å². The van der Waals surface area contributed by atoms with Crippen molar-refractivity contribution >= 4 is 32.0 Å². The molecule has 0 atom stereocenters. The fraction of sp³-hybridized carbons (Fsp3) is 0.600. The van der Waals surface area contributed by atoms with Crippen LogP contribution in [0.3, 0.4) is 0 Å². The van der Waals surface area contributed by atoms with Gasteiger partial charge in [-0.2, -0.15) is 0 Å². The molecular formula is C10H17N5O4S2. The molecule has 2 rings (SSSR count).